The Kier molecular flexibility index (Phi) is 8.77. The molecule has 1 unspecified atom stereocenters. The van der Waals surface area contributed by atoms with Crippen LogP contribution in [-0.4, -0.2) is 36.6 Å². The number of sulfonamides is 1. The number of nitrogens with zero attached hydrogens (tertiary/aromatic N) is 2. The smallest absolute Gasteiger partial charge is 0.259 e. The van der Waals surface area contributed by atoms with Crippen molar-refractivity contribution in [1.82, 2.24) is 8.87 Å². The molecule has 34 heavy (non-hydrogen) atoms. The summed E-state index contributed by atoms with van der Waals surface area (Å²) in [5.41, 5.74) is 4.80. The molecule has 0 radical (unpaired) electrons. The second-order valence-electron chi connectivity index (χ2n) is 9.46. The van der Waals surface area contributed by atoms with E-state index < -0.39 is 10.0 Å². The van der Waals surface area contributed by atoms with Crippen LogP contribution in [0.2, 0.25) is 0 Å². The lowest BCUT2D eigenvalue weighted by Crippen LogP contribution is -2.32. The van der Waals surface area contributed by atoms with Gasteiger partial charge in [0.1, 0.15) is 0 Å². The second-order valence-corrected chi connectivity index (χ2v) is 12.6. The molecule has 0 aliphatic carbocycles. The van der Waals surface area contributed by atoms with Crippen LogP contribution in [0.1, 0.15) is 55.5 Å². The van der Waals surface area contributed by atoms with Gasteiger partial charge in [-0.05, 0) is 68.2 Å². The molecule has 0 bridgehead atoms. The molecule has 0 aliphatic rings. The number of hydrogen-bond acceptors (Lipinski definition) is 4. The third-order valence-electron chi connectivity index (χ3n) is 6.68. The van der Waals surface area contributed by atoms with E-state index in [1.807, 2.05) is 20.2 Å². The maximum Gasteiger partial charge on any atom is 0.259 e. The van der Waals surface area contributed by atoms with E-state index in [0.717, 1.165) is 47.8 Å². The SMILES string of the molecule is CCCN(CCCC(CC)Cc1cc2c(=O)n(C)cc(-c3c(C)cccc3C)c2s1)S(C)(=O)=O. The van der Waals surface area contributed by atoms with Gasteiger partial charge in [0.2, 0.25) is 10.0 Å². The average molecular weight is 503 g/mol. The number of aromatic nitrogens is 1. The highest BCUT2D eigenvalue weighted by atomic mass is 32.2. The largest absolute Gasteiger partial charge is 0.317 e. The predicted octanol–water partition coefficient (Wildman–Crippen LogP) is 5.90. The zero-order chi connectivity index (χ0) is 25.0. The highest BCUT2D eigenvalue weighted by molar-refractivity contribution is 7.88. The second kappa shape index (κ2) is 11.2. The van der Waals surface area contributed by atoms with Crippen LogP contribution in [0, 0.1) is 19.8 Å². The Balaban J connectivity index is 1.86. The first kappa shape index (κ1) is 26.6. The summed E-state index contributed by atoms with van der Waals surface area (Å²) in [6.07, 6.45) is 7.87. The minimum atomic E-state index is -3.16. The van der Waals surface area contributed by atoms with Crippen LogP contribution in [0.5, 0.6) is 0 Å². The Morgan fingerprint density at radius 2 is 1.79 bits per heavy atom. The van der Waals surface area contributed by atoms with Crippen molar-refractivity contribution in [3.05, 3.63) is 56.8 Å². The minimum Gasteiger partial charge on any atom is -0.317 e. The van der Waals surface area contributed by atoms with Crippen molar-refractivity contribution in [2.24, 2.45) is 13.0 Å². The Morgan fingerprint density at radius 1 is 1.12 bits per heavy atom. The lowest BCUT2D eigenvalue weighted by molar-refractivity contribution is 0.372. The Morgan fingerprint density at radius 3 is 2.38 bits per heavy atom. The molecule has 5 nitrogen and oxygen atoms in total. The van der Waals surface area contributed by atoms with Gasteiger partial charge in [0.05, 0.1) is 11.6 Å². The number of thiophene rings is 1. The zero-order valence-corrected chi connectivity index (χ0v) is 23.0. The van der Waals surface area contributed by atoms with Crippen molar-refractivity contribution in [2.45, 2.75) is 59.8 Å². The topological polar surface area (TPSA) is 59.4 Å². The van der Waals surface area contributed by atoms with E-state index in [0.29, 0.717) is 19.0 Å². The van der Waals surface area contributed by atoms with Crippen LogP contribution in [0.3, 0.4) is 0 Å². The molecule has 0 saturated carbocycles. The molecule has 0 saturated heterocycles. The summed E-state index contributed by atoms with van der Waals surface area (Å²) >= 11 is 1.74. The highest BCUT2D eigenvalue weighted by Crippen LogP contribution is 2.37. The van der Waals surface area contributed by atoms with Crippen molar-refractivity contribution in [3.8, 4) is 11.1 Å². The Hall–Kier alpha value is -1.96. The molecule has 1 atom stereocenters. The molecule has 0 spiro atoms. The summed E-state index contributed by atoms with van der Waals surface area (Å²) in [6, 6.07) is 8.41. The summed E-state index contributed by atoms with van der Waals surface area (Å²) in [7, 11) is -1.33. The number of aryl methyl sites for hydroxylation is 3. The van der Waals surface area contributed by atoms with Gasteiger partial charge in [-0.15, -0.1) is 11.3 Å². The Bertz CT molecular complexity index is 1290. The molecular weight excluding hydrogens is 464 g/mol. The number of benzene rings is 1. The fourth-order valence-corrected chi connectivity index (χ4v) is 7.06. The van der Waals surface area contributed by atoms with Gasteiger partial charge < -0.3 is 4.57 Å². The average Bonchev–Trinajstić information content (AvgIpc) is 3.19. The van der Waals surface area contributed by atoms with Gasteiger partial charge in [0.25, 0.3) is 5.56 Å². The third kappa shape index (κ3) is 5.99. The lowest BCUT2D eigenvalue weighted by Gasteiger charge is -2.20. The van der Waals surface area contributed by atoms with E-state index >= 15 is 0 Å². The van der Waals surface area contributed by atoms with Crippen molar-refractivity contribution >= 4 is 31.4 Å². The predicted molar refractivity (Wildman–Crippen MR) is 145 cm³/mol. The molecular formula is C27H38N2O3S2. The number of hydrogen-bond donors (Lipinski definition) is 0. The first-order valence-corrected chi connectivity index (χ1v) is 14.9. The number of rotatable bonds is 11. The van der Waals surface area contributed by atoms with Gasteiger partial charge in [-0.25, -0.2) is 12.7 Å². The van der Waals surface area contributed by atoms with Crippen LogP contribution in [0.15, 0.2) is 35.3 Å². The maximum atomic E-state index is 13.0. The van der Waals surface area contributed by atoms with E-state index in [1.54, 1.807) is 20.2 Å². The van der Waals surface area contributed by atoms with Gasteiger partial charge in [0, 0.05) is 41.5 Å². The molecule has 186 valence electrons. The normalized spacial score (nSPS) is 13.1. The molecule has 2 heterocycles. The molecule has 0 aliphatic heterocycles. The molecule has 3 aromatic rings. The quantitative estimate of drug-likeness (QED) is 0.328. The third-order valence-corrected chi connectivity index (χ3v) is 9.17. The summed E-state index contributed by atoms with van der Waals surface area (Å²) in [5.74, 6) is 0.462. The fourth-order valence-electron chi connectivity index (χ4n) is 4.80. The number of pyridine rings is 1. The van der Waals surface area contributed by atoms with Crippen molar-refractivity contribution in [1.29, 1.82) is 0 Å². The molecule has 0 fully saturated rings. The van der Waals surface area contributed by atoms with Crippen LogP contribution in [0.4, 0.5) is 0 Å². The molecule has 2 aromatic heterocycles. The van der Waals surface area contributed by atoms with Crippen molar-refractivity contribution < 1.29 is 8.42 Å². The van der Waals surface area contributed by atoms with Gasteiger partial charge in [-0.3, -0.25) is 4.79 Å². The molecule has 1 aromatic carbocycles. The van der Waals surface area contributed by atoms with Crippen LogP contribution < -0.4 is 5.56 Å². The van der Waals surface area contributed by atoms with E-state index in [4.69, 9.17) is 0 Å². The maximum absolute atomic E-state index is 13.0. The summed E-state index contributed by atoms with van der Waals surface area (Å²) in [6.45, 7) is 9.60. The summed E-state index contributed by atoms with van der Waals surface area (Å²) in [4.78, 5) is 14.2. The Labute approximate surface area is 208 Å². The standard InChI is InChI=1S/C27H38N2O3S2/c1-7-14-29(34(6,31)32)15-10-13-21(8-2)16-22-17-23-26(33-22)24(18-28(5)27(23)30)25-19(3)11-9-12-20(25)4/h9,11-12,17-18,21H,7-8,10,13-16H2,1-6H3. The van der Waals surface area contributed by atoms with Crippen LogP contribution in [-0.2, 0) is 23.5 Å². The monoisotopic (exact) mass is 502 g/mol. The fraction of sp³-hybridized carbons (Fsp3) is 0.519. The van der Waals surface area contributed by atoms with Gasteiger partial charge in [0.15, 0.2) is 0 Å². The molecule has 3 rings (SSSR count). The van der Waals surface area contributed by atoms with Gasteiger partial charge in [-0.1, -0.05) is 38.5 Å². The van der Waals surface area contributed by atoms with Crippen LogP contribution in [0.25, 0.3) is 21.2 Å². The molecule has 7 heteroatoms. The van der Waals surface area contributed by atoms with Crippen LogP contribution >= 0.6 is 11.3 Å². The lowest BCUT2D eigenvalue weighted by atomic mass is 9.95. The van der Waals surface area contributed by atoms with E-state index in [1.165, 1.54) is 27.8 Å². The zero-order valence-electron chi connectivity index (χ0n) is 21.3. The van der Waals surface area contributed by atoms with E-state index in [9.17, 15) is 13.2 Å². The van der Waals surface area contributed by atoms with Gasteiger partial charge >= 0.3 is 0 Å². The van der Waals surface area contributed by atoms with Gasteiger partial charge in [-0.2, -0.15) is 0 Å². The van der Waals surface area contributed by atoms with E-state index in [2.05, 4.69) is 45.0 Å². The minimum absolute atomic E-state index is 0.0453. The van der Waals surface area contributed by atoms with Crippen molar-refractivity contribution in [3.63, 3.8) is 0 Å². The molecule has 0 N–H and O–H groups in total. The summed E-state index contributed by atoms with van der Waals surface area (Å²) < 4.78 is 28.4. The molecule has 0 amide bonds. The first-order valence-electron chi connectivity index (χ1n) is 12.2. The summed E-state index contributed by atoms with van der Waals surface area (Å²) in [5, 5.41) is 0.795. The van der Waals surface area contributed by atoms with E-state index in [-0.39, 0.29) is 5.56 Å². The van der Waals surface area contributed by atoms with Crippen molar-refractivity contribution in [2.75, 3.05) is 19.3 Å². The highest BCUT2D eigenvalue weighted by Gasteiger charge is 2.19. The number of fused-ring (bicyclic) bond motifs is 1. The first-order chi connectivity index (χ1) is 16.1.